The molecule has 2 amide bonds. The van der Waals surface area contributed by atoms with Crippen LogP contribution in [0.1, 0.15) is 35.0 Å². The summed E-state index contributed by atoms with van der Waals surface area (Å²) in [5, 5.41) is 14.4. The Morgan fingerprint density at radius 2 is 1.93 bits per heavy atom. The first-order valence-corrected chi connectivity index (χ1v) is 9.60. The van der Waals surface area contributed by atoms with E-state index in [0.29, 0.717) is 38.1 Å². The topological polar surface area (TPSA) is 106 Å². The lowest BCUT2D eigenvalue weighted by Gasteiger charge is -2.32. The maximum atomic E-state index is 13.0. The third kappa shape index (κ3) is 4.50. The minimum absolute atomic E-state index is 0.00194. The van der Waals surface area contributed by atoms with Crippen molar-refractivity contribution in [2.24, 2.45) is 0 Å². The third-order valence-corrected chi connectivity index (χ3v) is 5.12. The zero-order chi connectivity index (χ0) is 20.1. The van der Waals surface area contributed by atoms with E-state index in [1.54, 1.807) is 17.0 Å². The summed E-state index contributed by atoms with van der Waals surface area (Å²) in [5.41, 5.74) is 1.03. The predicted octanol–water partition coefficient (Wildman–Crippen LogP) is 1.47. The van der Waals surface area contributed by atoms with Gasteiger partial charge < -0.3 is 14.6 Å². The summed E-state index contributed by atoms with van der Waals surface area (Å²) >= 11 is 0. The molecule has 1 N–H and O–H groups in total. The predicted molar refractivity (Wildman–Crippen MR) is 103 cm³/mol. The number of rotatable bonds is 6. The summed E-state index contributed by atoms with van der Waals surface area (Å²) in [6.45, 7) is 1.14. The van der Waals surface area contributed by atoms with Crippen molar-refractivity contribution in [2.75, 3.05) is 13.1 Å². The van der Waals surface area contributed by atoms with Crippen molar-refractivity contribution in [3.05, 3.63) is 66.4 Å². The highest BCUT2D eigenvalue weighted by atomic mass is 16.3. The molecule has 0 saturated carbocycles. The largest absolute Gasteiger partial charge is 0.459 e. The normalized spacial score (nSPS) is 15.8. The van der Waals surface area contributed by atoms with Crippen molar-refractivity contribution in [1.82, 2.24) is 30.4 Å². The molecule has 9 heteroatoms. The van der Waals surface area contributed by atoms with E-state index in [9.17, 15) is 9.59 Å². The van der Waals surface area contributed by atoms with Crippen LogP contribution in [0.5, 0.6) is 0 Å². The number of furan rings is 1. The van der Waals surface area contributed by atoms with Crippen LogP contribution in [0, 0.1) is 0 Å². The highest BCUT2D eigenvalue weighted by Gasteiger charge is 2.29. The quantitative estimate of drug-likeness (QED) is 0.679. The van der Waals surface area contributed by atoms with Gasteiger partial charge in [0.2, 0.25) is 5.91 Å². The molecule has 0 radical (unpaired) electrons. The van der Waals surface area contributed by atoms with E-state index in [1.807, 2.05) is 30.3 Å². The fraction of sp³-hybridized carbons (Fsp3) is 0.350. The molecule has 2 aromatic heterocycles. The van der Waals surface area contributed by atoms with E-state index in [-0.39, 0.29) is 17.9 Å². The van der Waals surface area contributed by atoms with Gasteiger partial charge in [-0.1, -0.05) is 30.3 Å². The number of likely N-dealkylation sites (tertiary alicyclic amines) is 1. The van der Waals surface area contributed by atoms with E-state index >= 15 is 0 Å². The number of benzene rings is 1. The van der Waals surface area contributed by atoms with Crippen molar-refractivity contribution in [2.45, 2.75) is 31.3 Å². The van der Waals surface area contributed by atoms with E-state index in [1.165, 1.54) is 17.3 Å². The SMILES string of the molecule is O=C(NC1CCN(C(=O)c2ccco2)CC1)C(Cc1ccccc1)n1cnnn1. The van der Waals surface area contributed by atoms with Crippen LogP contribution in [-0.4, -0.2) is 56.1 Å². The van der Waals surface area contributed by atoms with E-state index in [4.69, 9.17) is 4.42 Å². The van der Waals surface area contributed by atoms with Gasteiger partial charge >= 0.3 is 0 Å². The zero-order valence-corrected chi connectivity index (χ0v) is 15.8. The monoisotopic (exact) mass is 394 g/mol. The number of piperidine rings is 1. The van der Waals surface area contributed by atoms with Crippen molar-refractivity contribution in [1.29, 1.82) is 0 Å². The van der Waals surface area contributed by atoms with Gasteiger partial charge in [-0.15, -0.1) is 5.10 Å². The fourth-order valence-electron chi connectivity index (χ4n) is 3.54. The maximum Gasteiger partial charge on any atom is 0.289 e. The molecule has 3 heterocycles. The van der Waals surface area contributed by atoms with Crippen LogP contribution in [0.2, 0.25) is 0 Å². The minimum Gasteiger partial charge on any atom is -0.459 e. The summed E-state index contributed by atoms with van der Waals surface area (Å²) in [6, 6.07) is 12.6. The molecule has 0 spiro atoms. The van der Waals surface area contributed by atoms with Crippen LogP contribution in [0.15, 0.2) is 59.5 Å². The van der Waals surface area contributed by atoms with E-state index in [0.717, 1.165) is 5.56 Å². The van der Waals surface area contributed by atoms with Crippen molar-refractivity contribution >= 4 is 11.8 Å². The maximum absolute atomic E-state index is 13.0. The molecule has 1 aliphatic rings. The van der Waals surface area contributed by atoms with Gasteiger partial charge in [-0.05, 0) is 41.0 Å². The molecular weight excluding hydrogens is 372 g/mol. The first-order chi connectivity index (χ1) is 14.2. The fourth-order valence-corrected chi connectivity index (χ4v) is 3.54. The number of tetrazole rings is 1. The average Bonchev–Trinajstić information content (AvgIpc) is 3.47. The second kappa shape index (κ2) is 8.68. The highest BCUT2D eigenvalue weighted by Crippen LogP contribution is 2.17. The zero-order valence-electron chi connectivity index (χ0n) is 15.8. The molecule has 0 aliphatic carbocycles. The first kappa shape index (κ1) is 18.9. The molecular formula is C20H22N6O3. The summed E-state index contributed by atoms with van der Waals surface area (Å²) in [5.74, 6) is 0.0986. The molecule has 29 heavy (non-hydrogen) atoms. The van der Waals surface area contributed by atoms with Crippen LogP contribution in [0.3, 0.4) is 0 Å². The Morgan fingerprint density at radius 1 is 1.14 bits per heavy atom. The number of carbonyl (C=O) groups is 2. The number of nitrogens with one attached hydrogen (secondary N) is 1. The Morgan fingerprint density at radius 3 is 2.59 bits per heavy atom. The van der Waals surface area contributed by atoms with Gasteiger partial charge in [0.15, 0.2) is 5.76 Å². The third-order valence-electron chi connectivity index (χ3n) is 5.12. The van der Waals surface area contributed by atoms with Gasteiger partial charge in [-0.25, -0.2) is 4.68 Å². The molecule has 3 aromatic rings. The molecule has 1 atom stereocenters. The first-order valence-electron chi connectivity index (χ1n) is 9.60. The van der Waals surface area contributed by atoms with Gasteiger partial charge in [0.1, 0.15) is 12.4 Å². The van der Waals surface area contributed by atoms with Crippen molar-refractivity contribution < 1.29 is 14.0 Å². The molecule has 1 fully saturated rings. The second-order valence-corrected chi connectivity index (χ2v) is 7.05. The Labute approximate surface area is 167 Å². The van der Waals surface area contributed by atoms with Gasteiger partial charge in [-0.2, -0.15) is 0 Å². The lowest BCUT2D eigenvalue weighted by Crippen LogP contribution is -2.48. The van der Waals surface area contributed by atoms with Crippen LogP contribution in [0.25, 0.3) is 0 Å². The number of aromatic nitrogens is 4. The molecule has 9 nitrogen and oxygen atoms in total. The Bertz CT molecular complexity index is 919. The molecule has 1 unspecified atom stereocenters. The number of hydrogen-bond donors (Lipinski definition) is 1. The van der Waals surface area contributed by atoms with Crippen molar-refractivity contribution in [3.8, 4) is 0 Å². The molecule has 1 aliphatic heterocycles. The molecule has 150 valence electrons. The van der Waals surface area contributed by atoms with Gasteiger partial charge in [-0.3, -0.25) is 9.59 Å². The van der Waals surface area contributed by atoms with Gasteiger partial charge in [0.05, 0.1) is 6.26 Å². The Kier molecular flexibility index (Phi) is 5.64. The molecule has 1 aromatic carbocycles. The minimum atomic E-state index is -0.532. The summed E-state index contributed by atoms with van der Waals surface area (Å²) in [6.07, 6.45) is 4.81. The van der Waals surface area contributed by atoms with Crippen molar-refractivity contribution in [3.63, 3.8) is 0 Å². The molecule has 0 bridgehead atoms. The lowest BCUT2D eigenvalue weighted by atomic mass is 10.0. The Balaban J connectivity index is 1.36. The number of amides is 2. The summed E-state index contributed by atoms with van der Waals surface area (Å²) in [7, 11) is 0. The average molecular weight is 394 g/mol. The highest BCUT2D eigenvalue weighted by molar-refractivity contribution is 5.91. The molecule has 4 rings (SSSR count). The smallest absolute Gasteiger partial charge is 0.289 e. The van der Waals surface area contributed by atoms with Gasteiger partial charge in [0.25, 0.3) is 5.91 Å². The van der Waals surface area contributed by atoms with Gasteiger partial charge in [0, 0.05) is 25.6 Å². The van der Waals surface area contributed by atoms with Crippen LogP contribution in [-0.2, 0) is 11.2 Å². The second-order valence-electron chi connectivity index (χ2n) is 7.05. The summed E-state index contributed by atoms with van der Waals surface area (Å²) in [4.78, 5) is 27.1. The van der Waals surface area contributed by atoms with E-state index in [2.05, 4.69) is 20.8 Å². The van der Waals surface area contributed by atoms with Crippen LogP contribution >= 0.6 is 0 Å². The van der Waals surface area contributed by atoms with Crippen LogP contribution in [0.4, 0.5) is 0 Å². The number of nitrogens with zero attached hydrogens (tertiary/aromatic N) is 5. The number of carbonyl (C=O) groups excluding carboxylic acids is 2. The Hall–Kier alpha value is -3.49. The standard InChI is InChI=1S/C20H22N6O3/c27-19(17(26-14-21-23-24-26)13-15-5-2-1-3-6-15)22-16-8-10-25(11-9-16)20(28)18-7-4-12-29-18/h1-7,12,14,16-17H,8-11,13H2,(H,22,27). The van der Waals surface area contributed by atoms with E-state index < -0.39 is 6.04 Å². The molecule has 1 saturated heterocycles. The number of hydrogen-bond acceptors (Lipinski definition) is 6. The lowest BCUT2D eigenvalue weighted by molar-refractivity contribution is -0.125. The van der Waals surface area contributed by atoms with Crippen LogP contribution < -0.4 is 5.32 Å². The summed E-state index contributed by atoms with van der Waals surface area (Å²) < 4.78 is 6.67.